The van der Waals surface area contributed by atoms with Crippen molar-refractivity contribution in [2.24, 2.45) is 11.7 Å². The molecule has 0 aliphatic carbocycles. The summed E-state index contributed by atoms with van der Waals surface area (Å²) in [7, 11) is 0. The first-order valence-corrected chi connectivity index (χ1v) is 4.33. The smallest absolute Gasteiger partial charge is 0.407 e. The van der Waals surface area contributed by atoms with E-state index in [1.54, 1.807) is 0 Å². The summed E-state index contributed by atoms with van der Waals surface area (Å²) in [5, 5.41) is 8.66. The van der Waals surface area contributed by atoms with E-state index in [1.807, 2.05) is 6.92 Å². The van der Waals surface area contributed by atoms with Crippen molar-refractivity contribution in [3.63, 3.8) is 0 Å². The fourth-order valence-electron chi connectivity index (χ4n) is 1.72. The molecular weight excluding hydrogens is 156 g/mol. The summed E-state index contributed by atoms with van der Waals surface area (Å²) in [4.78, 5) is 12.0. The van der Waals surface area contributed by atoms with Gasteiger partial charge in [0.15, 0.2) is 0 Å². The minimum absolute atomic E-state index is 0.184. The Balaban J connectivity index is 2.30. The number of carbonyl (C=O) groups is 1. The van der Waals surface area contributed by atoms with E-state index in [0.717, 1.165) is 12.8 Å². The molecule has 1 fully saturated rings. The van der Waals surface area contributed by atoms with Crippen molar-refractivity contribution in [2.45, 2.75) is 25.8 Å². The molecule has 12 heavy (non-hydrogen) atoms. The normalized spacial score (nSPS) is 25.8. The Morgan fingerprint density at radius 1 is 1.83 bits per heavy atom. The van der Waals surface area contributed by atoms with Gasteiger partial charge in [0.2, 0.25) is 0 Å². The topological polar surface area (TPSA) is 66.6 Å². The van der Waals surface area contributed by atoms with Crippen LogP contribution in [-0.4, -0.2) is 35.2 Å². The fraction of sp³-hybridized carbons (Fsp3) is 0.875. The Labute approximate surface area is 72.3 Å². The quantitative estimate of drug-likeness (QED) is 0.645. The molecule has 0 spiro atoms. The summed E-state index contributed by atoms with van der Waals surface area (Å²) in [5.41, 5.74) is 5.63. The van der Waals surface area contributed by atoms with Gasteiger partial charge in [0.05, 0.1) is 0 Å². The van der Waals surface area contributed by atoms with Crippen LogP contribution in [0.1, 0.15) is 19.8 Å². The molecule has 0 aromatic rings. The van der Waals surface area contributed by atoms with Crippen LogP contribution in [0.2, 0.25) is 0 Å². The molecule has 4 nitrogen and oxygen atoms in total. The summed E-state index contributed by atoms with van der Waals surface area (Å²) in [6.07, 6.45) is 1.10. The molecule has 0 aromatic heterocycles. The van der Waals surface area contributed by atoms with Crippen LogP contribution in [0.5, 0.6) is 0 Å². The highest BCUT2D eigenvalue weighted by molar-refractivity contribution is 5.65. The van der Waals surface area contributed by atoms with Gasteiger partial charge >= 0.3 is 6.09 Å². The van der Waals surface area contributed by atoms with Crippen molar-refractivity contribution < 1.29 is 9.90 Å². The van der Waals surface area contributed by atoms with E-state index in [4.69, 9.17) is 10.8 Å². The number of hydrogen-bond acceptors (Lipinski definition) is 2. The van der Waals surface area contributed by atoms with Crippen LogP contribution in [0.3, 0.4) is 0 Å². The van der Waals surface area contributed by atoms with Gasteiger partial charge in [-0.15, -0.1) is 0 Å². The molecule has 1 aliphatic heterocycles. The van der Waals surface area contributed by atoms with Crippen molar-refractivity contribution in [1.29, 1.82) is 0 Å². The SMILES string of the molecule is CC(N)C[C@@H]1CCN(C(=O)O)C1. The molecule has 0 radical (unpaired) electrons. The number of hydrogen-bond donors (Lipinski definition) is 2. The molecule has 0 saturated carbocycles. The number of likely N-dealkylation sites (tertiary alicyclic amines) is 1. The van der Waals surface area contributed by atoms with Gasteiger partial charge in [-0.1, -0.05) is 0 Å². The molecule has 0 bridgehead atoms. The Morgan fingerprint density at radius 2 is 2.50 bits per heavy atom. The lowest BCUT2D eigenvalue weighted by molar-refractivity contribution is 0.153. The molecule has 1 heterocycles. The zero-order chi connectivity index (χ0) is 9.14. The van der Waals surface area contributed by atoms with Gasteiger partial charge in [0, 0.05) is 19.1 Å². The van der Waals surface area contributed by atoms with E-state index in [9.17, 15) is 4.79 Å². The summed E-state index contributed by atoms with van der Waals surface area (Å²) < 4.78 is 0. The van der Waals surface area contributed by atoms with Crippen molar-refractivity contribution >= 4 is 6.09 Å². The second kappa shape index (κ2) is 3.76. The van der Waals surface area contributed by atoms with E-state index < -0.39 is 6.09 Å². The van der Waals surface area contributed by atoms with Crippen molar-refractivity contribution in [3.05, 3.63) is 0 Å². The van der Waals surface area contributed by atoms with Gasteiger partial charge in [-0.05, 0) is 25.7 Å². The summed E-state index contributed by atoms with van der Waals surface area (Å²) in [6, 6.07) is 0.184. The van der Waals surface area contributed by atoms with Crippen LogP contribution < -0.4 is 5.73 Å². The maximum absolute atomic E-state index is 10.5. The van der Waals surface area contributed by atoms with Crippen LogP contribution >= 0.6 is 0 Å². The average Bonchev–Trinajstić information content (AvgIpc) is 2.34. The zero-order valence-corrected chi connectivity index (χ0v) is 7.36. The Bertz CT molecular complexity index is 170. The fourth-order valence-corrected chi connectivity index (χ4v) is 1.72. The van der Waals surface area contributed by atoms with Crippen molar-refractivity contribution in [1.82, 2.24) is 4.90 Å². The largest absolute Gasteiger partial charge is 0.465 e. The third kappa shape index (κ3) is 2.37. The van der Waals surface area contributed by atoms with Gasteiger partial charge in [0.25, 0.3) is 0 Å². The highest BCUT2D eigenvalue weighted by atomic mass is 16.4. The zero-order valence-electron chi connectivity index (χ0n) is 7.36. The Hall–Kier alpha value is -0.770. The monoisotopic (exact) mass is 172 g/mol. The molecule has 1 rings (SSSR count). The number of rotatable bonds is 2. The van der Waals surface area contributed by atoms with Gasteiger partial charge in [-0.3, -0.25) is 0 Å². The predicted molar refractivity (Wildman–Crippen MR) is 46.0 cm³/mol. The summed E-state index contributed by atoms with van der Waals surface area (Å²) in [5.74, 6) is 0.473. The molecule has 4 heteroatoms. The van der Waals surface area contributed by atoms with E-state index >= 15 is 0 Å². The minimum atomic E-state index is -0.804. The first kappa shape index (κ1) is 9.32. The number of amides is 1. The second-order valence-corrected chi connectivity index (χ2v) is 3.60. The summed E-state index contributed by atoms with van der Waals surface area (Å²) >= 11 is 0. The molecule has 1 amide bonds. The first-order valence-electron chi connectivity index (χ1n) is 4.33. The minimum Gasteiger partial charge on any atom is -0.465 e. The van der Waals surface area contributed by atoms with E-state index in [-0.39, 0.29) is 6.04 Å². The lowest BCUT2D eigenvalue weighted by atomic mass is 10.0. The Kier molecular flexibility index (Phi) is 2.92. The lowest BCUT2D eigenvalue weighted by Gasteiger charge is -2.13. The third-order valence-corrected chi connectivity index (χ3v) is 2.26. The third-order valence-electron chi connectivity index (χ3n) is 2.26. The van der Waals surface area contributed by atoms with E-state index in [0.29, 0.717) is 19.0 Å². The van der Waals surface area contributed by atoms with E-state index in [2.05, 4.69) is 0 Å². The van der Waals surface area contributed by atoms with Gasteiger partial charge in [-0.2, -0.15) is 0 Å². The first-order chi connectivity index (χ1) is 5.59. The van der Waals surface area contributed by atoms with Crippen molar-refractivity contribution in [3.8, 4) is 0 Å². The average molecular weight is 172 g/mol. The molecular formula is C8H16N2O2. The highest BCUT2D eigenvalue weighted by Gasteiger charge is 2.25. The molecule has 70 valence electrons. The number of carboxylic acid groups (broad SMARTS) is 1. The van der Waals surface area contributed by atoms with Gasteiger partial charge in [-0.25, -0.2) is 4.79 Å². The second-order valence-electron chi connectivity index (χ2n) is 3.60. The van der Waals surface area contributed by atoms with E-state index in [1.165, 1.54) is 4.90 Å². The van der Waals surface area contributed by atoms with Crippen LogP contribution in [0.4, 0.5) is 4.79 Å². The van der Waals surface area contributed by atoms with Crippen LogP contribution in [0, 0.1) is 5.92 Å². The molecule has 1 saturated heterocycles. The maximum Gasteiger partial charge on any atom is 0.407 e. The van der Waals surface area contributed by atoms with Crippen LogP contribution in [0.15, 0.2) is 0 Å². The Morgan fingerprint density at radius 3 is 2.92 bits per heavy atom. The lowest BCUT2D eigenvalue weighted by Crippen LogP contribution is -2.28. The summed E-state index contributed by atoms with van der Waals surface area (Å²) in [6.45, 7) is 3.30. The van der Waals surface area contributed by atoms with Crippen LogP contribution in [-0.2, 0) is 0 Å². The van der Waals surface area contributed by atoms with Gasteiger partial charge in [0.1, 0.15) is 0 Å². The standard InChI is InChI=1S/C8H16N2O2/c1-6(9)4-7-2-3-10(5-7)8(11)12/h6-7H,2-5,9H2,1H3,(H,11,12)/t6?,7-/m0/s1. The highest BCUT2D eigenvalue weighted by Crippen LogP contribution is 2.20. The van der Waals surface area contributed by atoms with Crippen molar-refractivity contribution in [2.75, 3.05) is 13.1 Å². The molecule has 2 atom stereocenters. The maximum atomic E-state index is 10.5. The van der Waals surface area contributed by atoms with Gasteiger partial charge < -0.3 is 15.7 Å². The number of nitrogens with zero attached hydrogens (tertiary/aromatic N) is 1. The molecule has 3 N–H and O–H groups in total. The number of nitrogens with two attached hydrogens (primary N) is 1. The molecule has 1 unspecified atom stereocenters. The molecule has 0 aromatic carbocycles. The van der Waals surface area contributed by atoms with Crippen LogP contribution in [0.25, 0.3) is 0 Å². The predicted octanol–water partition coefficient (Wildman–Crippen LogP) is 0.724. The molecule has 1 aliphatic rings.